The summed E-state index contributed by atoms with van der Waals surface area (Å²) in [6.07, 6.45) is 4.56. The van der Waals surface area contributed by atoms with Gasteiger partial charge in [0.1, 0.15) is 11.5 Å². The number of aromatic nitrogens is 4. The Morgan fingerprint density at radius 3 is 3.00 bits per heavy atom. The number of para-hydroxylation sites is 2. The molecule has 2 N–H and O–H groups in total. The van der Waals surface area contributed by atoms with Gasteiger partial charge in [0.15, 0.2) is 0 Å². The number of H-pyrrole nitrogens is 1. The van der Waals surface area contributed by atoms with Crippen LogP contribution in [0.3, 0.4) is 0 Å². The lowest BCUT2D eigenvalue weighted by atomic mass is 10.0. The minimum absolute atomic E-state index is 0.0127. The number of hydrogen-bond donors (Lipinski definition) is 2. The number of likely N-dealkylation sites (tertiary alicyclic amines) is 1. The number of fused-ring (bicyclic) bond motifs is 2. The normalized spacial score (nSPS) is 18.6. The van der Waals surface area contributed by atoms with Gasteiger partial charge in [-0.3, -0.25) is 9.78 Å². The number of benzene rings is 1. The van der Waals surface area contributed by atoms with E-state index in [0.717, 1.165) is 66.5 Å². The zero-order valence-corrected chi connectivity index (χ0v) is 18.4. The third-order valence-corrected chi connectivity index (χ3v) is 7.44. The van der Waals surface area contributed by atoms with Crippen LogP contribution in [0, 0.1) is 0 Å². The SMILES string of the molecule is O=C(NC1CCc2cccnc21)c1csc(C2CN(CCc3nc4ccccc4[nH]3)C2)n1. The highest BCUT2D eigenvalue weighted by Crippen LogP contribution is 2.31. The fourth-order valence-electron chi connectivity index (χ4n) is 4.66. The second-order valence-electron chi connectivity index (χ2n) is 8.59. The van der Waals surface area contributed by atoms with E-state index in [1.165, 1.54) is 5.56 Å². The number of carbonyl (C=O) groups is 1. The largest absolute Gasteiger partial charge is 0.342 e. The molecule has 0 saturated carbocycles. The highest BCUT2D eigenvalue weighted by molar-refractivity contribution is 7.10. The second kappa shape index (κ2) is 8.11. The quantitative estimate of drug-likeness (QED) is 0.476. The Kier molecular flexibility index (Phi) is 4.96. The zero-order valence-electron chi connectivity index (χ0n) is 17.6. The van der Waals surface area contributed by atoms with E-state index in [2.05, 4.69) is 42.3 Å². The van der Waals surface area contributed by atoms with Gasteiger partial charge in [-0.2, -0.15) is 0 Å². The molecule has 4 aromatic rings. The Labute approximate surface area is 189 Å². The highest BCUT2D eigenvalue weighted by atomic mass is 32.1. The van der Waals surface area contributed by atoms with Crippen LogP contribution in [-0.2, 0) is 12.8 Å². The van der Waals surface area contributed by atoms with Crippen molar-refractivity contribution in [3.63, 3.8) is 0 Å². The van der Waals surface area contributed by atoms with Crippen molar-refractivity contribution in [2.75, 3.05) is 19.6 Å². The molecule has 4 heterocycles. The van der Waals surface area contributed by atoms with Crippen LogP contribution in [0.4, 0.5) is 0 Å². The molecule has 1 atom stereocenters. The van der Waals surface area contributed by atoms with Gasteiger partial charge in [0.05, 0.1) is 27.8 Å². The van der Waals surface area contributed by atoms with Crippen molar-refractivity contribution in [2.45, 2.75) is 31.2 Å². The molecule has 8 heteroatoms. The number of nitrogens with zero attached hydrogens (tertiary/aromatic N) is 4. The first-order valence-electron chi connectivity index (χ1n) is 11.1. The van der Waals surface area contributed by atoms with E-state index in [-0.39, 0.29) is 11.9 Å². The van der Waals surface area contributed by atoms with Gasteiger partial charge in [0.25, 0.3) is 5.91 Å². The predicted molar refractivity (Wildman–Crippen MR) is 124 cm³/mol. The monoisotopic (exact) mass is 444 g/mol. The first-order valence-corrected chi connectivity index (χ1v) is 12.0. The number of thiazole rings is 1. The van der Waals surface area contributed by atoms with Gasteiger partial charge >= 0.3 is 0 Å². The average Bonchev–Trinajstić information content (AvgIpc) is 3.51. The van der Waals surface area contributed by atoms with E-state index in [4.69, 9.17) is 0 Å². The van der Waals surface area contributed by atoms with Crippen molar-refractivity contribution in [3.05, 3.63) is 75.8 Å². The molecule has 1 aliphatic heterocycles. The van der Waals surface area contributed by atoms with Gasteiger partial charge in [-0.1, -0.05) is 18.2 Å². The third kappa shape index (κ3) is 3.69. The number of amides is 1. The van der Waals surface area contributed by atoms with E-state index >= 15 is 0 Å². The summed E-state index contributed by atoms with van der Waals surface area (Å²) in [6, 6.07) is 12.2. The Morgan fingerprint density at radius 2 is 2.09 bits per heavy atom. The molecular formula is C24H24N6OS. The summed E-state index contributed by atoms with van der Waals surface area (Å²) >= 11 is 1.59. The molecule has 6 rings (SSSR count). The number of hydrogen-bond acceptors (Lipinski definition) is 6. The fraction of sp³-hybridized carbons (Fsp3) is 0.333. The first-order chi connectivity index (χ1) is 15.7. The number of rotatable bonds is 6. The topological polar surface area (TPSA) is 86.8 Å². The summed E-state index contributed by atoms with van der Waals surface area (Å²) in [6.45, 7) is 2.94. The fourth-order valence-corrected chi connectivity index (χ4v) is 5.55. The van der Waals surface area contributed by atoms with Crippen molar-refractivity contribution in [2.24, 2.45) is 0 Å². The molecule has 1 aliphatic carbocycles. The molecule has 0 radical (unpaired) electrons. The molecule has 7 nitrogen and oxygen atoms in total. The van der Waals surface area contributed by atoms with Crippen LogP contribution in [0.15, 0.2) is 48.0 Å². The van der Waals surface area contributed by atoms with Gasteiger partial charge in [0.2, 0.25) is 0 Å². The number of aromatic amines is 1. The summed E-state index contributed by atoms with van der Waals surface area (Å²) in [5, 5.41) is 6.06. The zero-order chi connectivity index (χ0) is 21.5. The average molecular weight is 445 g/mol. The van der Waals surface area contributed by atoms with Crippen molar-refractivity contribution in [3.8, 4) is 0 Å². The Morgan fingerprint density at radius 1 is 1.19 bits per heavy atom. The number of pyridine rings is 1. The highest BCUT2D eigenvalue weighted by Gasteiger charge is 2.31. The van der Waals surface area contributed by atoms with Gasteiger partial charge < -0.3 is 15.2 Å². The maximum absolute atomic E-state index is 12.7. The number of nitrogens with one attached hydrogen (secondary N) is 2. The van der Waals surface area contributed by atoms with E-state index in [1.54, 1.807) is 17.5 Å². The van der Waals surface area contributed by atoms with Crippen molar-refractivity contribution in [1.29, 1.82) is 0 Å². The van der Waals surface area contributed by atoms with Crippen molar-refractivity contribution >= 4 is 28.3 Å². The Bertz CT molecular complexity index is 1240. The summed E-state index contributed by atoms with van der Waals surface area (Å²) in [7, 11) is 0. The van der Waals surface area contributed by atoms with Crippen LogP contribution in [0.5, 0.6) is 0 Å². The second-order valence-corrected chi connectivity index (χ2v) is 9.48. The van der Waals surface area contributed by atoms with Crippen molar-refractivity contribution in [1.82, 2.24) is 30.2 Å². The standard InChI is InChI=1S/C24H24N6OS/c31-23(28-19-8-7-15-4-3-10-25-22(15)19)20-14-32-24(29-20)16-12-30(13-16)11-9-21-26-17-5-1-2-6-18(17)27-21/h1-6,10,14,16,19H,7-9,11-13H2,(H,26,27)(H,28,31). The molecule has 1 saturated heterocycles. The predicted octanol–water partition coefficient (Wildman–Crippen LogP) is 3.47. The first kappa shape index (κ1) is 19.6. The molecule has 0 spiro atoms. The van der Waals surface area contributed by atoms with Crippen LogP contribution >= 0.6 is 11.3 Å². The molecule has 162 valence electrons. The molecular weight excluding hydrogens is 420 g/mol. The lowest BCUT2D eigenvalue weighted by Crippen LogP contribution is -2.45. The number of carbonyl (C=O) groups excluding carboxylic acids is 1. The van der Waals surface area contributed by atoms with Crippen LogP contribution in [0.1, 0.15) is 51.0 Å². The van der Waals surface area contributed by atoms with E-state index in [9.17, 15) is 4.79 Å². The van der Waals surface area contributed by atoms with Crippen LogP contribution in [-0.4, -0.2) is 50.4 Å². The number of aryl methyl sites for hydroxylation is 1. The summed E-state index contributed by atoms with van der Waals surface area (Å²) < 4.78 is 0. The molecule has 2 aliphatic rings. The minimum atomic E-state index is -0.0999. The molecule has 32 heavy (non-hydrogen) atoms. The van der Waals surface area contributed by atoms with E-state index in [0.29, 0.717) is 11.6 Å². The maximum atomic E-state index is 12.7. The van der Waals surface area contributed by atoms with Gasteiger partial charge in [-0.05, 0) is 36.6 Å². The summed E-state index contributed by atoms with van der Waals surface area (Å²) in [5.74, 6) is 1.34. The maximum Gasteiger partial charge on any atom is 0.271 e. The van der Waals surface area contributed by atoms with Crippen LogP contribution in [0.25, 0.3) is 11.0 Å². The Balaban J connectivity index is 1.01. The lowest BCUT2D eigenvalue weighted by Gasteiger charge is -2.37. The summed E-state index contributed by atoms with van der Waals surface area (Å²) in [4.78, 5) is 32.3. The molecule has 1 unspecified atom stereocenters. The van der Waals surface area contributed by atoms with Crippen LogP contribution in [0.2, 0.25) is 0 Å². The Hall–Kier alpha value is -3.10. The van der Waals surface area contributed by atoms with Crippen LogP contribution < -0.4 is 5.32 Å². The molecule has 3 aromatic heterocycles. The lowest BCUT2D eigenvalue weighted by molar-refractivity contribution is 0.0930. The van der Waals surface area contributed by atoms with Gasteiger partial charge in [0, 0.05) is 43.5 Å². The van der Waals surface area contributed by atoms with Gasteiger partial charge in [-0.15, -0.1) is 11.3 Å². The smallest absolute Gasteiger partial charge is 0.271 e. The number of imidazole rings is 1. The molecule has 1 aromatic carbocycles. The van der Waals surface area contributed by atoms with E-state index in [1.807, 2.05) is 29.6 Å². The molecule has 1 amide bonds. The summed E-state index contributed by atoms with van der Waals surface area (Å²) in [5.41, 5.74) is 4.86. The van der Waals surface area contributed by atoms with Crippen molar-refractivity contribution < 1.29 is 4.79 Å². The molecule has 1 fully saturated rings. The minimum Gasteiger partial charge on any atom is -0.342 e. The third-order valence-electron chi connectivity index (χ3n) is 6.43. The van der Waals surface area contributed by atoms with E-state index < -0.39 is 0 Å². The molecule has 0 bridgehead atoms. The van der Waals surface area contributed by atoms with Gasteiger partial charge in [-0.25, -0.2) is 9.97 Å².